The van der Waals surface area contributed by atoms with Crippen LogP contribution < -0.4 is 27.7 Å². The lowest BCUT2D eigenvalue weighted by Crippen LogP contribution is -2.49. The van der Waals surface area contributed by atoms with Crippen LogP contribution in [0, 0.1) is 34.6 Å². The van der Waals surface area contributed by atoms with Crippen molar-refractivity contribution in [2.24, 2.45) is 0 Å². The van der Waals surface area contributed by atoms with Crippen LogP contribution in [0.5, 0.6) is 0 Å². The Labute approximate surface area is 206 Å². The van der Waals surface area contributed by atoms with Gasteiger partial charge in [0.15, 0.2) is 0 Å². The van der Waals surface area contributed by atoms with E-state index in [2.05, 4.69) is 20.9 Å². The maximum atomic E-state index is 13.3. The third kappa shape index (κ3) is 5.45. The van der Waals surface area contributed by atoms with E-state index < -0.39 is 29.4 Å². The van der Waals surface area contributed by atoms with Gasteiger partial charge in [0.05, 0.1) is 12.2 Å². The predicted octanol–water partition coefficient (Wildman–Crippen LogP) is 0.639. The van der Waals surface area contributed by atoms with Gasteiger partial charge in [0.2, 0.25) is 0 Å². The third-order valence-electron chi connectivity index (χ3n) is 5.67. The summed E-state index contributed by atoms with van der Waals surface area (Å²) < 4.78 is 12.0. The molecule has 1 amide bonds. The Morgan fingerprint density at radius 3 is 2.36 bits per heavy atom. The lowest BCUT2D eigenvalue weighted by atomic mass is 10.1. The molecule has 0 aliphatic rings. The minimum atomic E-state index is -1.66. The number of nitrogens with zero attached hydrogens (tertiary/aromatic N) is 4. The van der Waals surface area contributed by atoms with Gasteiger partial charge in [-0.25, -0.2) is 9.78 Å². The van der Waals surface area contributed by atoms with Gasteiger partial charge in [-0.05, 0) is 51.8 Å². The number of amides is 1. The molecule has 0 bridgehead atoms. The molecule has 0 radical (unpaired) electrons. The average Bonchev–Trinajstić information content (AvgIpc) is 3.09. The van der Waals surface area contributed by atoms with Gasteiger partial charge in [-0.1, -0.05) is 5.16 Å². The molecule has 3 rings (SSSR count). The van der Waals surface area contributed by atoms with Crippen LogP contribution in [0.1, 0.15) is 52.7 Å². The number of ether oxygens (including phenoxy) is 1. The first-order valence-electron chi connectivity index (χ1n) is 11.1. The summed E-state index contributed by atoms with van der Waals surface area (Å²) in [6, 6.07) is 2.83. The van der Waals surface area contributed by atoms with Crippen LogP contribution in [0.15, 0.2) is 26.2 Å². The molecule has 192 valence electrons. The van der Waals surface area contributed by atoms with Crippen LogP contribution in [0.3, 0.4) is 0 Å². The van der Waals surface area contributed by atoms with Crippen LogP contribution in [-0.4, -0.2) is 31.3 Å². The normalized spacial score (nSPS) is 11.7. The molecule has 3 heterocycles. The largest absolute Gasteiger partial charge is 0.431 e. The molecule has 3 aromatic rings. The summed E-state index contributed by atoms with van der Waals surface area (Å²) in [6.45, 7) is 9.70. The van der Waals surface area contributed by atoms with E-state index in [-0.39, 0.29) is 18.8 Å². The van der Waals surface area contributed by atoms with Crippen molar-refractivity contribution in [3.05, 3.63) is 72.5 Å². The average molecular weight is 500 g/mol. The van der Waals surface area contributed by atoms with E-state index in [0.717, 1.165) is 33.4 Å². The molecule has 36 heavy (non-hydrogen) atoms. The van der Waals surface area contributed by atoms with Crippen molar-refractivity contribution in [2.45, 2.75) is 60.9 Å². The predicted molar refractivity (Wildman–Crippen MR) is 130 cm³/mol. The van der Waals surface area contributed by atoms with E-state index in [1.165, 1.54) is 6.92 Å². The molecule has 0 fully saturated rings. The maximum Gasteiger partial charge on any atom is 0.353 e. The molecular weight excluding hydrogens is 470 g/mol. The Morgan fingerprint density at radius 2 is 1.78 bits per heavy atom. The zero-order valence-electron chi connectivity index (χ0n) is 21.0. The summed E-state index contributed by atoms with van der Waals surface area (Å²) in [4.78, 5) is 55.1. The minimum absolute atomic E-state index is 0.0548. The zero-order valence-corrected chi connectivity index (χ0v) is 21.0. The molecule has 0 aliphatic heterocycles. The number of hydrogen-bond donors (Lipinski definition) is 3. The number of nitrogens with two attached hydrogens (primary N) is 1. The second-order valence-corrected chi connectivity index (χ2v) is 8.36. The van der Waals surface area contributed by atoms with Crippen molar-refractivity contribution < 1.29 is 18.8 Å². The Hall–Kier alpha value is -4.42. The monoisotopic (exact) mass is 499 g/mol. The number of hydrogen-bond acceptors (Lipinski definition) is 10. The van der Waals surface area contributed by atoms with Gasteiger partial charge in [-0.2, -0.15) is 4.68 Å². The smallest absolute Gasteiger partial charge is 0.353 e. The number of carbonyl (C=O) groups is 2. The molecule has 3 aromatic heterocycles. The van der Waals surface area contributed by atoms with Crippen molar-refractivity contribution in [2.75, 3.05) is 11.2 Å². The topological polar surface area (TPSA) is 176 Å². The van der Waals surface area contributed by atoms with Crippen LogP contribution in [-0.2, 0) is 27.4 Å². The summed E-state index contributed by atoms with van der Waals surface area (Å²) in [5, 5.41) is 6.52. The number of nitrogens with one attached hydrogen (secondary N) is 2. The summed E-state index contributed by atoms with van der Waals surface area (Å²) in [6.07, 6.45) is -1.66. The molecule has 0 spiro atoms. The highest BCUT2D eigenvalue weighted by Crippen LogP contribution is 2.16. The SMILES string of the molecule is CC(=O)OC(C(=O)NCc1c(C)cc(N)nc1C)n1c(C)cc(=O)n(NCc2c(C)noc2C)c1=O. The first-order chi connectivity index (χ1) is 16.9. The molecule has 0 aliphatic carbocycles. The van der Waals surface area contributed by atoms with E-state index in [4.69, 9.17) is 15.0 Å². The maximum absolute atomic E-state index is 13.3. The fourth-order valence-corrected chi connectivity index (χ4v) is 3.81. The zero-order chi connectivity index (χ0) is 26.7. The second-order valence-electron chi connectivity index (χ2n) is 8.36. The van der Waals surface area contributed by atoms with E-state index >= 15 is 0 Å². The van der Waals surface area contributed by atoms with Crippen molar-refractivity contribution >= 4 is 17.7 Å². The van der Waals surface area contributed by atoms with Gasteiger partial charge in [0.1, 0.15) is 11.6 Å². The number of nitrogen functional groups attached to an aromatic ring is 1. The number of pyridine rings is 1. The Bertz CT molecular complexity index is 1390. The van der Waals surface area contributed by atoms with Crippen molar-refractivity contribution in [1.82, 2.24) is 24.7 Å². The number of rotatable bonds is 8. The minimum Gasteiger partial charge on any atom is -0.431 e. The molecule has 0 saturated carbocycles. The molecule has 0 aromatic carbocycles. The van der Waals surface area contributed by atoms with E-state index in [0.29, 0.717) is 28.5 Å². The number of aryl methyl sites for hydroxylation is 5. The van der Waals surface area contributed by atoms with Gasteiger partial charge < -0.3 is 25.7 Å². The van der Waals surface area contributed by atoms with Crippen molar-refractivity contribution in [3.63, 3.8) is 0 Å². The fraction of sp³-hybridized carbons (Fsp3) is 0.391. The van der Waals surface area contributed by atoms with Crippen LogP contribution in [0.4, 0.5) is 5.82 Å². The summed E-state index contributed by atoms with van der Waals surface area (Å²) in [5.41, 5.74) is 10.5. The Balaban J connectivity index is 1.95. The summed E-state index contributed by atoms with van der Waals surface area (Å²) in [5.74, 6) is -0.668. The van der Waals surface area contributed by atoms with Crippen molar-refractivity contribution in [1.29, 1.82) is 0 Å². The quantitative estimate of drug-likeness (QED) is 0.373. The van der Waals surface area contributed by atoms with Gasteiger partial charge in [0, 0.05) is 36.5 Å². The van der Waals surface area contributed by atoms with Crippen molar-refractivity contribution in [3.8, 4) is 0 Å². The first kappa shape index (κ1) is 26.2. The van der Waals surface area contributed by atoms with Gasteiger partial charge in [-0.3, -0.25) is 19.0 Å². The molecule has 13 nitrogen and oxygen atoms in total. The van der Waals surface area contributed by atoms with E-state index in [1.807, 2.05) is 6.92 Å². The van der Waals surface area contributed by atoms with Crippen LogP contribution in [0.2, 0.25) is 0 Å². The summed E-state index contributed by atoms with van der Waals surface area (Å²) >= 11 is 0. The second kappa shape index (κ2) is 10.5. The first-order valence-corrected chi connectivity index (χ1v) is 11.1. The number of aromatic nitrogens is 4. The molecule has 0 saturated heterocycles. The number of carbonyl (C=O) groups excluding carboxylic acids is 2. The molecule has 4 N–H and O–H groups in total. The molecule has 1 unspecified atom stereocenters. The fourth-order valence-electron chi connectivity index (χ4n) is 3.81. The molecule has 13 heteroatoms. The third-order valence-corrected chi connectivity index (χ3v) is 5.67. The highest BCUT2D eigenvalue weighted by molar-refractivity contribution is 5.81. The lowest BCUT2D eigenvalue weighted by molar-refractivity contribution is -0.160. The Kier molecular flexibility index (Phi) is 7.61. The Morgan fingerprint density at radius 1 is 1.08 bits per heavy atom. The van der Waals surface area contributed by atoms with Crippen LogP contribution >= 0.6 is 0 Å². The number of anilines is 1. The highest BCUT2D eigenvalue weighted by atomic mass is 16.6. The standard InChI is InChI=1S/C23H29N7O6/c1-11-7-19(24)27-13(3)17(11)9-25-21(33)22(35-16(6)31)29-12(2)8-20(32)30(23(29)34)26-10-18-14(4)28-36-15(18)5/h7-8,22,26H,9-10H2,1-6H3,(H2,24,27)(H,25,33). The van der Waals surface area contributed by atoms with E-state index in [1.54, 1.807) is 26.8 Å². The summed E-state index contributed by atoms with van der Waals surface area (Å²) in [7, 11) is 0. The number of esters is 1. The van der Waals surface area contributed by atoms with Gasteiger partial charge in [-0.15, -0.1) is 0 Å². The lowest BCUT2D eigenvalue weighted by Gasteiger charge is -2.22. The molecule has 1 atom stereocenters. The molecular formula is C23H29N7O6. The van der Waals surface area contributed by atoms with Gasteiger partial charge in [0.25, 0.3) is 17.7 Å². The van der Waals surface area contributed by atoms with Crippen LogP contribution in [0.25, 0.3) is 0 Å². The highest BCUT2D eigenvalue weighted by Gasteiger charge is 2.28. The van der Waals surface area contributed by atoms with Gasteiger partial charge >= 0.3 is 11.7 Å². The van der Waals surface area contributed by atoms with E-state index in [9.17, 15) is 19.2 Å².